The first-order valence-electron chi connectivity index (χ1n) is 7.24. The van der Waals surface area contributed by atoms with Gasteiger partial charge in [0, 0.05) is 12.1 Å². The number of rotatable bonds is 7. The first-order chi connectivity index (χ1) is 11.8. The number of ether oxygens (including phenoxy) is 3. The number of nitriles is 1. The molecule has 0 spiro atoms. The zero-order valence-electron chi connectivity index (χ0n) is 13.8. The molecule has 1 rings (SSSR count). The van der Waals surface area contributed by atoms with Crippen LogP contribution in [0.3, 0.4) is 0 Å². The summed E-state index contributed by atoms with van der Waals surface area (Å²) in [6.07, 6.45) is 0.164. The van der Waals surface area contributed by atoms with Gasteiger partial charge in [-0.1, -0.05) is 25.6 Å². The maximum atomic E-state index is 12.6. The van der Waals surface area contributed by atoms with E-state index in [-0.39, 0.29) is 17.9 Å². The quantitative estimate of drug-likeness (QED) is 0.304. The first-order valence-corrected chi connectivity index (χ1v) is 7.24. The molecule has 0 fully saturated rings. The second-order valence-corrected chi connectivity index (χ2v) is 4.67. The lowest BCUT2D eigenvalue weighted by molar-refractivity contribution is -0.275. The number of halogens is 3. The van der Waals surface area contributed by atoms with Crippen molar-refractivity contribution >= 4 is 5.90 Å². The maximum absolute atomic E-state index is 12.6. The Balaban J connectivity index is 3.11. The standard InChI is InChI=1S/C17H17F3N2O3/c1-4-7-12(3)22-16(5-2)23-10-13-14(24-11-21)8-6-9-15(13)25-17(18,19)20/h4,6-9H,1,5,10H2,2-3H3/b12-7-,22-16?. The minimum Gasteiger partial charge on any atom is -0.476 e. The molecule has 0 N–H and O–H groups in total. The molecule has 0 aliphatic heterocycles. The van der Waals surface area contributed by atoms with Gasteiger partial charge in [-0.2, -0.15) is 0 Å². The van der Waals surface area contributed by atoms with Crippen LogP contribution in [0.15, 0.2) is 47.6 Å². The monoisotopic (exact) mass is 354 g/mol. The molecule has 25 heavy (non-hydrogen) atoms. The molecule has 5 nitrogen and oxygen atoms in total. The molecule has 1 aromatic rings. The Kier molecular flexibility index (Phi) is 7.53. The smallest absolute Gasteiger partial charge is 0.476 e. The molecular weight excluding hydrogens is 337 g/mol. The lowest BCUT2D eigenvalue weighted by atomic mass is 10.2. The molecule has 0 saturated carbocycles. The summed E-state index contributed by atoms with van der Waals surface area (Å²) in [5.74, 6) is -0.285. The molecule has 0 radical (unpaired) electrons. The second kappa shape index (κ2) is 9.37. The highest BCUT2D eigenvalue weighted by molar-refractivity contribution is 5.77. The van der Waals surface area contributed by atoms with Crippen LogP contribution >= 0.6 is 0 Å². The Morgan fingerprint density at radius 3 is 2.60 bits per heavy atom. The molecular formula is C17H17F3N2O3. The van der Waals surface area contributed by atoms with Crippen molar-refractivity contribution in [2.45, 2.75) is 33.2 Å². The molecule has 0 aliphatic rings. The summed E-state index contributed by atoms with van der Waals surface area (Å²) in [5.41, 5.74) is 0.577. The van der Waals surface area contributed by atoms with Gasteiger partial charge in [-0.3, -0.25) is 0 Å². The van der Waals surface area contributed by atoms with Crippen LogP contribution in [0.1, 0.15) is 25.8 Å². The summed E-state index contributed by atoms with van der Waals surface area (Å²) < 4.78 is 51.8. The number of hydrogen-bond donors (Lipinski definition) is 0. The third-order valence-corrected chi connectivity index (χ3v) is 2.82. The Labute approximate surface area is 143 Å². The summed E-state index contributed by atoms with van der Waals surface area (Å²) in [7, 11) is 0. The summed E-state index contributed by atoms with van der Waals surface area (Å²) in [5, 5.41) is 8.65. The number of alkyl halides is 3. The van der Waals surface area contributed by atoms with E-state index in [0.29, 0.717) is 18.0 Å². The highest BCUT2D eigenvalue weighted by atomic mass is 19.4. The summed E-state index contributed by atoms with van der Waals surface area (Å²) >= 11 is 0. The Hall–Kier alpha value is -2.95. The van der Waals surface area contributed by atoms with Gasteiger partial charge in [0.05, 0.1) is 5.56 Å². The van der Waals surface area contributed by atoms with Gasteiger partial charge >= 0.3 is 6.36 Å². The lowest BCUT2D eigenvalue weighted by Gasteiger charge is -2.16. The molecule has 0 heterocycles. The van der Waals surface area contributed by atoms with E-state index in [4.69, 9.17) is 14.7 Å². The van der Waals surface area contributed by atoms with Crippen molar-refractivity contribution < 1.29 is 27.4 Å². The van der Waals surface area contributed by atoms with Crippen molar-refractivity contribution in [2.75, 3.05) is 0 Å². The van der Waals surface area contributed by atoms with E-state index < -0.39 is 12.1 Å². The van der Waals surface area contributed by atoms with E-state index in [9.17, 15) is 13.2 Å². The fourth-order valence-electron chi connectivity index (χ4n) is 1.83. The lowest BCUT2D eigenvalue weighted by Crippen LogP contribution is -2.18. The SMILES string of the molecule is C=C/C=C(/C)N=C(CC)OCc1c(OC#N)cccc1OC(F)(F)F. The first kappa shape index (κ1) is 20.1. The van der Waals surface area contributed by atoms with Crippen LogP contribution in [0.25, 0.3) is 0 Å². The summed E-state index contributed by atoms with van der Waals surface area (Å²) in [6, 6.07) is 3.74. The molecule has 0 unspecified atom stereocenters. The van der Waals surface area contributed by atoms with Crippen molar-refractivity contribution in [1.29, 1.82) is 5.26 Å². The highest BCUT2D eigenvalue weighted by Gasteiger charge is 2.33. The van der Waals surface area contributed by atoms with Gasteiger partial charge in [0.2, 0.25) is 0 Å². The largest absolute Gasteiger partial charge is 0.573 e. The van der Waals surface area contributed by atoms with Gasteiger partial charge in [-0.05, 0) is 25.1 Å². The van der Waals surface area contributed by atoms with Crippen molar-refractivity contribution in [1.82, 2.24) is 0 Å². The maximum Gasteiger partial charge on any atom is 0.573 e. The number of aliphatic imine (C=N–C) groups is 1. The van der Waals surface area contributed by atoms with Gasteiger partial charge < -0.3 is 14.2 Å². The van der Waals surface area contributed by atoms with Crippen LogP contribution < -0.4 is 9.47 Å². The number of nitrogens with zero attached hydrogens (tertiary/aromatic N) is 2. The van der Waals surface area contributed by atoms with Crippen LogP contribution in [0.5, 0.6) is 11.5 Å². The molecule has 0 aromatic heterocycles. The number of hydrogen-bond acceptors (Lipinski definition) is 5. The van der Waals surface area contributed by atoms with Crippen LogP contribution in [0.2, 0.25) is 0 Å². The molecule has 0 amide bonds. The third kappa shape index (κ3) is 6.99. The van der Waals surface area contributed by atoms with Gasteiger partial charge in [-0.25, -0.2) is 4.99 Å². The molecule has 0 aliphatic carbocycles. The van der Waals surface area contributed by atoms with Crippen LogP contribution in [0.4, 0.5) is 13.2 Å². The Morgan fingerprint density at radius 1 is 1.36 bits per heavy atom. The molecule has 0 atom stereocenters. The predicted molar refractivity (Wildman–Crippen MR) is 85.8 cm³/mol. The van der Waals surface area contributed by atoms with Crippen molar-refractivity contribution in [3.63, 3.8) is 0 Å². The van der Waals surface area contributed by atoms with Gasteiger partial charge in [-0.15, -0.1) is 18.4 Å². The fraction of sp³-hybridized carbons (Fsp3) is 0.294. The summed E-state index contributed by atoms with van der Waals surface area (Å²) in [6.45, 7) is 6.75. The fourth-order valence-corrected chi connectivity index (χ4v) is 1.83. The number of allylic oxidation sites excluding steroid dienone is 3. The minimum atomic E-state index is -4.88. The summed E-state index contributed by atoms with van der Waals surface area (Å²) in [4.78, 5) is 4.20. The molecule has 1 aromatic carbocycles. The predicted octanol–water partition coefficient (Wildman–Crippen LogP) is 4.86. The topological polar surface area (TPSA) is 63.8 Å². The van der Waals surface area contributed by atoms with Crippen LogP contribution in [-0.2, 0) is 11.3 Å². The van der Waals surface area contributed by atoms with E-state index in [0.717, 1.165) is 6.07 Å². The van der Waals surface area contributed by atoms with E-state index in [1.807, 2.05) is 0 Å². The molecule has 134 valence electrons. The van der Waals surface area contributed by atoms with E-state index in [1.54, 1.807) is 26.0 Å². The Morgan fingerprint density at radius 2 is 2.04 bits per heavy atom. The van der Waals surface area contributed by atoms with Crippen molar-refractivity contribution in [3.8, 4) is 17.8 Å². The Bertz CT molecular complexity index is 704. The van der Waals surface area contributed by atoms with Gasteiger partial charge in [0.1, 0.15) is 12.4 Å². The van der Waals surface area contributed by atoms with Gasteiger partial charge in [0.25, 0.3) is 6.26 Å². The molecule has 0 bridgehead atoms. The van der Waals surface area contributed by atoms with Crippen LogP contribution in [-0.4, -0.2) is 12.3 Å². The molecule has 8 heteroatoms. The molecule has 0 saturated heterocycles. The van der Waals surface area contributed by atoms with Crippen LogP contribution in [0, 0.1) is 11.5 Å². The highest BCUT2D eigenvalue weighted by Crippen LogP contribution is 2.33. The normalized spacial score (nSPS) is 12.3. The minimum absolute atomic E-state index is 0.0483. The average molecular weight is 354 g/mol. The third-order valence-electron chi connectivity index (χ3n) is 2.82. The van der Waals surface area contributed by atoms with Crippen molar-refractivity contribution in [3.05, 3.63) is 48.2 Å². The second-order valence-electron chi connectivity index (χ2n) is 4.67. The van der Waals surface area contributed by atoms with Crippen molar-refractivity contribution in [2.24, 2.45) is 4.99 Å². The van der Waals surface area contributed by atoms with Gasteiger partial charge in [0.15, 0.2) is 11.6 Å². The van der Waals surface area contributed by atoms with E-state index >= 15 is 0 Å². The zero-order chi connectivity index (χ0) is 18.9. The van der Waals surface area contributed by atoms with E-state index in [1.165, 1.54) is 18.4 Å². The zero-order valence-corrected chi connectivity index (χ0v) is 13.8. The average Bonchev–Trinajstić information content (AvgIpc) is 2.52. The van der Waals surface area contributed by atoms with E-state index in [2.05, 4.69) is 16.3 Å². The number of benzene rings is 1.